The molecular weight excluding hydrogens is 202 g/mol. The highest BCUT2D eigenvalue weighted by Gasteiger charge is 1.97. The molecule has 0 saturated carbocycles. The van der Waals surface area contributed by atoms with Crippen molar-refractivity contribution in [2.24, 2.45) is 0 Å². The van der Waals surface area contributed by atoms with Gasteiger partial charge < -0.3 is 20.3 Å². The number of ether oxygens (including phenoxy) is 1. The highest BCUT2D eigenvalue weighted by molar-refractivity contribution is 5.68. The van der Waals surface area contributed by atoms with Crippen molar-refractivity contribution in [1.82, 2.24) is 5.32 Å². The van der Waals surface area contributed by atoms with Gasteiger partial charge in [0.2, 0.25) is 0 Å². The number of carboxylic acid groups (broad SMARTS) is 2. The van der Waals surface area contributed by atoms with Crippen molar-refractivity contribution in [2.45, 2.75) is 19.3 Å². The maximum absolute atomic E-state index is 10.1. The molecule has 6 nitrogen and oxygen atoms in total. The molecule has 0 fully saturated rings. The summed E-state index contributed by atoms with van der Waals surface area (Å²) in [4.78, 5) is 20.2. The van der Waals surface area contributed by atoms with Crippen molar-refractivity contribution >= 4 is 11.9 Å². The Morgan fingerprint density at radius 2 is 1.80 bits per heavy atom. The molecule has 0 spiro atoms. The van der Waals surface area contributed by atoms with Gasteiger partial charge in [-0.1, -0.05) is 0 Å². The maximum Gasteiger partial charge on any atom is 0.317 e. The van der Waals surface area contributed by atoms with Crippen molar-refractivity contribution in [2.75, 3.05) is 26.3 Å². The van der Waals surface area contributed by atoms with Crippen molar-refractivity contribution in [3.05, 3.63) is 0 Å². The fourth-order valence-electron chi connectivity index (χ4n) is 0.922. The summed E-state index contributed by atoms with van der Waals surface area (Å²) in [6.45, 7) is 1.38. The number of aliphatic carboxylic acids is 2. The molecule has 0 aliphatic carbocycles. The first kappa shape index (κ1) is 13.9. The summed E-state index contributed by atoms with van der Waals surface area (Å²) >= 11 is 0. The summed E-state index contributed by atoms with van der Waals surface area (Å²) in [6.07, 6.45) is 1.49. The van der Waals surface area contributed by atoms with Crippen LogP contribution in [0.1, 0.15) is 19.3 Å². The van der Waals surface area contributed by atoms with E-state index >= 15 is 0 Å². The molecule has 0 aromatic carbocycles. The highest BCUT2D eigenvalue weighted by atomic mass is 16.5. The third-order valence-electron chi connectivity index (χ3n) is 1.63. The lowest BCUT2D eigenvalue weighted by molar-refractivity contribution is -0.137. The molecule has 0 atom stereocenters. The van der Waals surface area contributed by atoms with Crippen LogP contribution in [0.4, 0.5) is 0 Å². The predicted octanol–water partition coefficient (Wildman–Crippen LogP) is -0.0679. The highest BCUT2D eigenvalue weighted by Crippen LogP contribution is 1.95. The smallest absolute Gasteiger partial charge is 0.317 e. The summed E-state index contributed by atoms with van der Waals surface area (Å²) < 4.78 is 5.15. The molecule has 15 heavy (non-hydrogen) atoms. The zero-order valence-corrected chi connectivity index (χ0v) is 8.57. The predicted molar refractivity (Wildman–Crippen MR) is 52.8 cm³/mol. The van der Waals surface area contributed by atoms with Crippen LogP contribution >= 0.6 is 0 Å². The van der Waals surface area contributed by atoms with Gasteiger partial charge in [-0.25, -0.2) is 0 Å². The van der Waals surface area contributed by atoms with Crippen LogP contribution < -0.4 is 5.32 Å². The minimum atomic E-state index is -0.892. The number of hydrogen-bond donors (Lipinski definition) is 3. The molecule has 0 aromatic rings. The molecule has 0 aliphatic rings. The van der Waals surface area contributed by atoms with E-state index in [2.05, 4.69) is 5.32 Å². The van der Waals surface area contributed by atoms with Gasteiger partial charge in [-0.05, 0) is 12.8 Å². The second-order valence-electron chi connectivity index (χ2n) is 3.03. The number of carboxylic acids is 2. The fraction of sp³-hybridized carbons (Fsp3) is 0.778. The minimum absolute atomic E-state index is 0.0671. The van der Waals surface area contributed by atoms with E-state index in [0.29, 0.717) is 32.6 Å². The van der Waals surface area contributed by atoms with Gasteiger partial charge in [-0.2, -0.15) is 0 Å². The fourth-order valence-corrected chi connectivity index (χ4v) is 0.922. The van der Waals surface area contributed by atoms with E-state index in [-0.39, 0.29) is 13.0 Å². The zero-order chi connectivity index (χ0) is 11.5. The number of hydrogen-bond acceptors (Lipinski definition) is 4. The molecular formula is C9H17NO5. The topological polar surface area (TPSA) is 95.9 Å². The largest absolute Gasteiger partial charge is 0.481 e. The Balaban J connectivity index is 2.99. The van der Waals surface area contributed by atoms with Gasteiger partial charge in [0, 0.05) is 19.6 Å². The first-order valence-corrected chi connectivity index (χ1v) is 4.85. The van der Waals surface area contributed by atoms with Crippen LogP contribution in [0.15, 0.2) is 0 Å². The third kappa shape index (κ3) is 12.9. The number of nitrogens with one attached hydrogen (secondary N) is 1. The Morgan fingerprint density at radius 1 is 1.07 bits per heavy atom. The van der Waals surface area contributed by atoms with E-state index in [9.17, 15) is 9.59 Å². The van der Waals surface area contributed by atoms with E-state index < -0.39 is 11.9 Å². The summed E-state index contributed by atoms with van der Waals surface area (Å²) in [5.74, 6) is -1.69. The molecule has 3 N–H and O–H groups in total. The summed E-state index contributed by atoms with van der Waals surface area (Å²) in [5.41, 5.74) is 0. The van der Waals surface area contributed by atoms with E-state index in [4.69, 9.17) is 14.9 Å². The van der Waals surface area contributed by atoms with Gasteiger partial charge in [0.15, 0.2) is 0 Å². The van der Waals surface area contributed by atoms with Gasteiger partial charge in [0.1, 0.15) is 0 Å². The molecule has 0 unspecified atom stereocenters. The van der Waals surface area contributed by atoms with E-state index in [1.54, 1.807) is 0 Å². The Morgan fingerprint density at radius 3 is 2.40 bits per heavy atom. The quantitative estimate of drug-likeness (QED) is 0.445. The molecule has 0 aromatic heterocycles. The summed E-state index contributed by atoms with van der Waals surface area (Å²) in [5, 5.41) is 19.3. The Kier molecular flexibility index (Phi) is 8.70. The van der Waals surface area contributed by atoms with Crippen molar-refractivity contribution < 1.29 is 24.5 Å². The lowest BCUT2D eigenvalue weighted by Gasteiger charge is -2.03. The first-order chi connectivity index (χ1) is 7.13. The molecule has 0 rings (SSSR count). The van der Waals surface area contributed by atoms with Gasteiger partial charge >= 0.3 is 11.9 Å². The minimum Gasteiger partial charge on any atom is -0.481 e. The molecule has 0 radical (unpaired) electrons. The molecule has 6 heteroatoms. The SMILES string of the molecule is O=C(O)CCCCOCCNCC(=O)O. The average Bonchev–Trinajstić information content (AvgIpc) is 2.14. The average molecular weight is 219 g/mol. The van der Waals surface area contributed by atoms with Gasteiger partial charge in [-0.15, -0.1) is 0 Å². The summed E-state index contributed by atoms with van der Waals surface area (Å²) in [6, 6.07) is 0. The standard InChI is InChI=1S/C9H17NO5/c11-8(12)3-1-2-5-15-6-4-10-7-9(13)14/h10H,1-7H2,(H,11,12)(H,13,14). The lowest BCUT2D eigenvalue weighted by atomic mass is 10.2. The Hall–Kier alpha value is -1.14. The maximum atomic E-state index is 10.1. The zero-order valence-electron chi connectivity index (χ0n) is 8.57. The number of carbonyl (C=O) groups is 2. The second kappa shape index (κ2) is 9.42. The van der Waals surface area contributed by atoms with Crippen LogP contribution in [0.2, 0.25) is 0 Å². The van der Waals surface area contributed by atoms with Gasteiger partial charge in [-0.3, -0.25) is 9.59 Å². The van der Waals surface area contributed by atoms with Crippen LogP contribution in [0.25, 0.3) is 0 Å². The Labute approximate surface area is 88.2 Å². The molecule has 0 amide bonds. The molecule has 0 heterocycles. The molecule has 0 saturated heterocycles. The summed E-state index contributed by atoms with van der Waals surface area (Å²) in [7, 11) is 0. The number of rotatable bonds is 10. The molecule has 88 valence electrons. The Bertz CT molecular complexity index is 175. The normalized spacial score (nSPS) is 10.1. The number of unbranched alkanes of at least 4 members (excludes halogenated alkanes) is 1. The molecule has 0 bridgehead atoms. The van der Waals surface area contributed by atoms with E-state index in [1.165, 1.54) is 0 Å². The van der Waals surface area contributed by atoms with Crippen LogP contribution in [0.5, 0.6) is 0 Å². The third-order valence-corrected chi connectivity index (χ3v) is 1.63. The van der Waals surface area contributed by atoms with Crippen LogP contribution in [-0.2, 0) is 14.3 Å². The van der Waals surface area contributed by atoms with E-state index in [0.717, 1.165) is 0 Å². The van der Waals surface area contributed by atoms with Crippen LogP contribution in [-0.4, -0.2) is 48.5 Å². The van der Waals surface area contributed by atoms with Crippen molar-refractivity contribution in [1.29, 1.82) is 0 Å². The van der Waals surface area contributed by atoms with Gasteiger partial charge in [0.05, 0.1) is 13.2 Å². The van der Waals surface area contributed by atoms with E-state index in [1.807, 2.05) is 0 Å². The monoisotopic (exact) mass is 219 g/mol. The van der Waals surface area contributed by atoms with Crippen LogP contribution in [0.3, 0.4) is 0 Å². The first-order valence-electron chi connectivity index (χ1n) is 4.85. The van der Waals surface area contributed by atoms with Crippen molar-refractivity contribution in [3.63, 3.8) is 0 Å². The van der Waals surface area contributed by atoms with Gasteiger partial charge in [0.25, 0.3) is 0 Å². The lowest BCUT2D eigenvalue weighted by Crippen LogP contribution is -2.26. The molecule has 0 aliphatic heterocycles. The van der Waals surface area contributed by atoms with Crippen molar-refractivity contribution in [3.8, 4) is 0 Å². The van der Waals surface area contributed by atoms with Crippen LogP contribution in [0, 0.1) is 0 Å². The second-order valence-corrected chi connectivity index (χ2v) is 3.03.